The van der Waals surface area contributed by atoms with Gasteiger partial charge in [0, 0.05) is 31.7 Å². The number of rotatable bonds is 0. The molecule has 1 spiro atoms. The molecule has 0 atom stereocenters. The zero-order valence-electron chi connectivity index (χ0n) is 9.33. The number of hydrogen-bond donors (Lipinski definition) is 2. The van der Waals surface area contributed by atoms with Gasteiger partial charge in [0.15, 0.2) is 0 Å². The monoisotopic (exact) mass is 219 g/mol. The summed E-state index contributed by atoms with van der Waals surface area (Å²) in [5.41, 5.74) is 2.84. The maximum Gasteiger partial charge on any atom is 0.115 e. The van der Waals surface area contributed by atoms with Crippen LogP contribution in [0.2, 0.25) is 0 Å². The fourth-order valence-corrected chi connectivity index (χ4v) is 2.95. The molecule has 0 unspecified atom stereocenters. The lowest BCUT2D eigenvalue weighted by molar-refractivity contribution is 0.0471. The molecule has 86 valence electrons. The fraction of sp³-hybridized carbons (Fsp3) is 0.538. The van der Waals surface area contributed by atoms with E-state index in [0.29, 0.717) is 5.75 Å². The second-order valence-corrected chi connectivity index (χ2v) is 4.84. The van der Waals surface area contributed by atoms with E-state index in [4.69, 9.17) is 4.74 Å². The molecule has 2 heterocycles. The van der Waals surface area contributed by atoms with Crippen LogP contribution in [0.25, 0.3) is 0 Å². The van der Waals surface area contributed by atoms with Gasteiger partial charge in [0.05, 0.1) is 0 Å². The largest absolute Gasteiger partial charge is 0.508 e. The molecular formula is C13H17NO2. The van der Waals surface area contributed by atoms with Crippen molar-refractivity contribution < 1.29 is 9.84 Å². The van der Waals surface area contributed by atoms with Crippen LogP contribution in [0.1, 0.15) is 24.0 Å². The topological polar surface area (TPSA) is 41.5 Å². The van der Waals surface area contributed by atoms with E-state index in [1.165, 1.54) is 11.1 Å². The van der Waals surface area contributed by atoms with Crippen molar-refractivity contribution in [2.24, 2.45) is 0 Å². The number of aromatic hydroxyl groups is 1. The average Bonchev–Trinajstić information content (AvgIpc) is 2.32. The van der Waals surface area contributed by atoms with Crippen molar-refractivity contribution in [1.82, 2.24) is 5.32 Å². The summed E-state index contributed by atoms with van der Waals surface area (Å²) >= 11 is 0. The van der Waals surface area contributed by atoms with Crippen LogP contribution in [0.4, 0.5) is 0 Å². The highest BCUT2D eigenvalue weighted by molar-refractivity contribution is 5.42. The third-order valence-electron chi connectivity index (χ3n) is 3.89. The Morgan fingerprint density at radius 1 is 1.25 bits per heavy atom. The van der Waals surface area contributed by atoms with Crippen LogP contribution >= 0.6 is 0 Å². The molecule has 16 heavy (non-hydrogen) atoms. The summed E-state index contributed by atoms with van der Waals surface area (Å²) in [6.45, 7) is 3.58. The first-order chi connectivity index (χ1) is 7.80. The number of benzene rings is 1. The molecule has 0 aliphatic carbocycles. The SMILES string of the molecule is Oc1ccc2c(c1)C1(CCOCC1)CNC2. The highest BCUT2D eigenvalue weighted by Gasteiger charge is 2.38. The lowest BCUT2D eigenvalue weighted by atomic mass is 9.70. The number of ether oxygens (including phenoxy) is 1. The molecule has 2 N–H and O–H groups in total. The van der Waals surface area contributed by atoms with Crippen LogP contribution in [0, 0.1) is 0 Å². The van der Waals surface area contributed by atoms with Crippen LogP contribution in [0.3, 0.4) is 0 Å². The second kappa shape index (κ2) is 3.75. The minimum absolute atomic E-state index is 0.185. The van der Waals surface area contributed by atoms with Crippen LogP contribution in [-0.2, 0) is 16.7 Å². The summed E-state index contributed by atoms with van der Waals surface area (Å²) in [6, 6.07) is 5.76. The van der Waals surface area contributed by atoms with E-state index in [0.717, 1.165) is 39.1 Å². The Bertz CT molecular complexity index is 397. The molecule has 3 rings (SSSR count). The smallest absolute Gasteiger partial charge is 0.115 e. The van der Waals surface area contributed by atoms with Gasteiger partial charge in [-0.2, -0.15) is 0 Å². The number of phenolic OH excluding ortho intramolecular Hbond substituents is 1. The molecule has 1 aromatic rings. The summed E-state index contributed by atoms with van der Waals surface area (Å²) in [7, 11) is 0. The Morgan fingerprint density at radius 2 is 2.06 bits per heavy atom. The number of nitrogens with one attached hydrogen (secondary N) is 1. The molecular weight excluding hydrogens is 202 g/mol. The van der Waals surface area contributed by atoms with E-state index in [-0.39, 0.29) is 5.41 Å². The zero-order valence-corrected chi connectivity index (χ0v) is 9.33. The predicted octanol–water partition coefficient (Wildman–Crippen LogP) is 1.54. The summed E-state index contributed by atoms with van der Waals surface area (Å²) in [6.07, 6.45) is 2.10. The van der Waals surface area contributed by atoms with Crippen molar-refractivity contribution in [2.75, 3.05) is 19.8 Å². The van der Waals surface area contributed by atoms with E-state index in [9.17, 15) is 5.11 Å². The van der Waals surface area contributed by atoms with Crippen LogP contribution < -0.4 is 5.32 Å². The Labute approximate surface area is 95.4 Å². The molecule has 0 aromatic heterocycles. The number of hydrogen-bond acceptors (Lipinski definition) is 3. The highest BCUT2D eigenvalue weighted by atomic mass is 16.5. The van der Waals surface area contributed by atoms with E-state index >= 15 is 0 Å². The summed E-state index contributed by atoms with van der Waals surface area (Å²) in [5, 5.41) is 13.1. The van der Waals surface area contributed by atoms with Crippen LogP contribution in [0.15, 0.2) is 18.2 Å². The lowest BCUT2D eigenvalue weighted by Crippen LogP contribution is -2.46. The predicted molar refractivity (Wildman–Crippen MR) is 61.5 cm³/mol. The van der Waals surface area contributed by atoms with Crippen molar-refractivity contribution in [1.29, 1.82) is 0 Å². The Hall–Kier alpha value is -1.06. The van der Waals surface area contributed by atoms with Gasteiger partial charge in [-0.3, -0.25) is 0 Å². The van der Waals surface area contributed by atoms with E-state index in [2.05, 4.69) is 5.32 Å². The lowest BCUT2D eigenvalue weighted by Gasteiger charge is -2.42. The minimum atomic E-state index is 0.185. The average molecular weight is 219 g/mol. The molecule has 1 saturated heterocycles. The molecule has 0 saturated carbocycles. The zero-order chi connectivity index (χ0) is 11.0. The third-order valence-corrected chi connectivity index (χ3v) is 3.89. The molecule has 1 aromatic carbocycles. The molecule has 3 nitrogen and oxygen atoms in total. The van der Waals surface area contributed by atoms with Crippen molar-refractivity contribution in [3.8, 4) is 5.75 Å². The molecule has 3 heteroatoms. The Kier molecular flexibility index (Phi) is 2.37. The maximum atomic E-state index is 9.65. The molecule has 2 aliphatic heterocycles. The van der Waals surface area contributed by atoms with Gasteiger partial charge in [-0.05, 0) is 36.1 Å². The van der Waals surface area contributed by atoms with Gasteiger partial charge in [0.25, 0.3) is 0 Å². The van der Waals surface area contributed by atoms with E-state index in [1.807, 2.05) is 12.1 Å². The minimum Gasteiger partial charge on any atom is -0.508 e. The van der Waals surface area contributed by atoms with Crippen molar-refractivity contribution in [3.05, 3.63) is 29.3 Å². The van der Waals surface area contributed by atoms with Gasteiger partial charge in [-0.1, -0.05) is 6.07 Å². The van der Waals surface area contributed by atoms with Gasteiger partial charge in [0.1, 0.15) is 5.75 Å². The van der Waals surface area contributed by atoms with Gasteiger partial charge >= 0.3 is 0 Å². The standard InChI is InChI=1S/C13H17NO2/c15-11-2-1-10-8-14-9-13(12(10)7-11)3-5-16-6-4-13/h1-2,7,14-15H,3-6,8-9H2. The first-order valence-corrected chi connectivity index (χ1v) is 5.91. The van der Waals surface area contributed by atoms with Crippen LogP contribution in [0.5, 0.6) is 5.75 Å². The van der Waals surface area contributed by atoms with Crippen LogP contribution in [-0.4, -0.2) is 24.9 Å². The first kappa shape index (κ1) is 10.1. The van der Waals surface area contributed by atoms with Gasteiger partial charge in [0.2, 0.25) is 0 Å². The summed E-state index contributed by atoms with van der Waals surface area (Å²) in [5.74, 6) is 0.381. The van der Waals surface area contributed by atoms with Gasteiger partial charge in [-0.25, -0.2) is 0 Å². The fourth-order valence-electron chi connectivity index (χ4n) is 2.95. The molecule has 0 radical (unpaired) electrons. The Balaban J connectivity index is 2.06. The molecule has 1 fully saturated rings. The Morgan fingerprint density at radius 3 is 2.88 bits per heavy atom. The normalized spacial score (nSPS) is 23.0. The van der Waals surface area contributed by atoms with Crippen molar-refractivity contribution in [2.45, 2.75) is 24.8 Å². The third kappa shape index (κ3) is 1.51. The molecule has 0 amide bonds. The van der Waals surface area contributed by atoms with Gasteiger partial charge in [-0.15, -0.1) is 0 Å². The summed E-state index contributed by atoms with van der Waals surface area (Å²) < 4.78 is 5.45. The maximum absolute atomic E-state index is 9.65. The second-order valence-electron chi connectivity index (χ2n) is 4.84. The highest BCUT2D eigenvalue weighted by Crippen LogP contribution is 2.39. The number of phenols is 1. The summed E-state index contributed by atoms with van der Waals surface area (Å²) in [4.78, 5) is 0. The van der Waals surface area contributed by atoms with Crippen molar-refractivity contribution >= 4 is 0 Å². The molecule has 2 aliphatic rings. The first-order valence-electron chi connectivity index (χ1n) is 5.91. The van der Waals surface area contributed by atoms with E-state index < -0.39 is 0 Å². The molecule has 0 bridgehead atoms. The quantitative estimate of drug-likeness (QED) is 0.695. The van der Waals surface area contributed by atoms with Crippen molar-refractivity contribution in [3.63, 3.8) is 0 Å². The number of fused-ring (bicyclic) bond motifs is 2. The van der Waals surface area contributed by atoms with Gasteiger partial charge < -0.3 is 15.2 Å². The van der Waals surface area contributed by atoms with E-state index in [1.54, 1.807) is 6.07 Å².